The molecule has 3 atom stereocenters. The second-order valence-electron chi connectivity index (χ2n) is 3.42. The molecule has 1 aliphatic heterocycles. The van der Waals surface area contributed by atoms with Crippen LogP contribution in [-0.2, 0) is 14.3 Å². The quantitative estimate of drug-likeness (QED) is 0.598. The highest BCUT2D eigenvalue weighted by Crippen LogP contribution is 2.37. The summed E-state index contributed by atoms with van der Waals surface area (Å²) in [6.45, 7) is 0.714. The van der Waals surface area contributed by atoms with Gasteiger partial charge in [0.2, 0.25) is 0 Å². The van der Waals surface area contributed by atoms with Crippen molar-refractivity contribution in [2.45, 2.75) is 6.42 Å². The van der Waals surface area contributed by atoms with E-state index < -0.39 is 11.9 Å². The highest BCUT2D eigenvalue weighted by atomic mass is 16.5. The minimum atomic E-state index is -0.860. The maximum atomic E-state index is 11.4. The average Bonchev–Trinajstić information content (AvgIpc) is 2.27. The van der Waals surface area contributed by atoms with E-state index in [2.05, 4.69) is 0 Å². The zero-order valence-electron chi connectivity index (χ0n) is 6.53. The lowest BCUT2D eigenvalue weighted by molar-refractivity contribution is -0.146. The zero-order valence-corrected chi connectivity index (χ0v) is 6.53. The molecule has 12 heavy (non-hydrogen) atoms. The first kappa shape index (κ1) is 7.73. The van der Waals surface area contributed by atoms with Gasteiger partial charge in [-0.25, -0.2) is 0 Å². The van der Waals surface area contributed by atoms with Gasteiger partial charge in [-0.2, -0.15) is 0 Å². The Balaban J connectivity index is 2.22. The predicted octanol–water partition coefficient (Wildman–Crippen LogP) is -0.0774. The standard InChI is InChI=1S/C8H10O4/c9-7-4-1-5(8(10)11)6(7)3-12-2-4/h4-6H,1-3H2,(H,10,11). The fourth-order valence-electron chi connectivity index (χ4n) is 2.05. The van der Waals surface area contributed by atoms with Crippen molar-refractivity contribution >= 4 is 11.8 Å². The lowest BCUT2D eigenvalue weighted by atomic mass is 9.96. The zero-order chi connectivity index (χ0) is 8.72. The summed E-state index contributed by atoms with van der Waals surface area (Å²) in [6, 6.07) is 0. The first-order chi connectivity index (χ1) is 5.70. The molecular formula is C8H10O4. The smallest absolute Gasteiger partial charge is 0.307 e. The summed E-state index contributed by atoms with van der Waals surface area (Å²) in [6.07, 6.45) is 0.471. The Hall–Kier alpha value is -0.900. The van der Waals surface area contributed by atoms with Crippen LogP contribution in [0.15, 0.2) is 0 Å². The van der Waals surface area contributed by atoms with Crippen LogP contribution in [-0.4, -0.2) is 30.1 Å². The maximum absolute atomic E-state index is 11.4. The van der Waals surface area contributed by atoms with Crippen LogP contribution in [0.1, 0.15) is 6.42 Å². The van der Waals surface area contributed by atoms with Crippen LogP contribution in [0.3, 0.4) is 0 Å². The minimum absolute atomic E-state index is 0.0913. The van der Waals surface area contributed by atoms with E-state index in [1.807, 2.05) is 0 Å². The third kappa shape index (κ3) is 0.948. The topological polar surface area (TPSA) is 63.6 Å². The molecule has 1 aliphatic carbocycles. The first-order valence-electron chi connectivity index (χ1n) is 4.04. The first-order valence-corrected chi connectivity index (χ1v) is 4.04. The van der Waals surface area contributed by atoms with E-state index in [0.717, 1.165) is 0 Å². The van der Waals surface area contributed by atoms with Gasteiger partial charge in [0.15, 0.2) is 0 Å². The van der Waals surface area contributed by atoms with Gasteiger partial charge in [-0.3, -0.25) is 9.59 Å². The summed E-state index contributed by atoms with van der Waals surface area (Å²) in [7, 11) is 0. The van der Waals surface area contributed by atoms with E-state index in [-0.39, 0.29) is 17.6 Å². The van der Waals surface area contributed by atoms with Gasteiger partial charge in [-0.1, -0.05) is 0 Å². The third-order valence-corrected chi connectivity index (χ3v) is 2.73. The number of aliphatic carboxylic acids is 1. The van der Waals surface area contributed by atoms with Gasteiger partial charge in [0.05, 0.1) is 25.0 Å². The number of fused-ring (bicyclic) bond motifs is 2. The maximum Gasteiger partial charge on any atom is 0.307 e. The number of rotatable bonds is 1. The largest absolute Gasteiger partial charge is 0.481 e. The Labute approximate surface area is 69.5 Å². The van der Waals surface area contributed by atoms with Crippen LogP contribution in [0.25, 0.3) is 0 Å². The molecule has 0 aromatic carbocycles. The summed E-state index contributed by atoms with van der Waals surface area (Å²) < 4.78 is 5.12. The number of ketones is 1. The van der Waals surface area contributed by atoms with Gasteiger partial charge < -0.3 is 9.84 Å². The molecule has 1 saturated carbocycles. The molecule has 4 nitrogen and oxygen atoms in total. The number of carbonyl (C=O) groups is 2. The van der Waals surface area contributed by atoms with Crippen LogP contribution in [0, 0.1) is 17.8 Å². The molecule has 1 N–H and O–H groups in total. The van der Waals surface area contributed by atoms with Gasteiger partial charge in [0.25, 0.3) is 0 Å². The van der Waals surface area contributed by atoms with Gasteiger partial charge in [0, 0.05) is 5.92 Å². The summed E-state index contributed by atoms with van der Waals surface area (Å²) >= 11 is 0. The Morgan fingerprint density at radius 1 is 1.50 bits per heavy atom. The number of carboxylic acids is 1. The van der Waals surface area contributed by atoms with Crippen molar-refractivity contribution < 1.29 is 19.4 Å². The number of hydrogen-bond donors (Lipinski definition) is 1. The van der Waals surface area contributed by atoms with E-state index >= 15 is 0 Å². The van der Waals surface area contributed by atoms with E-state index in [1.54, 1.807) is 0 Å². The van der Waals surface area contributed by atoms with E-state index in [0.29, 0.717) is 19.6 Å². The summed E-state index contributed by atoms with van der Waals surface area (Å²) in [5.41, 5.74) is 0. The molecule has 2 rings (SSSR count). The Morgan fingerprint density at radius 2 is 2.25 bits per heavy atom. The van der Waals surface area contributed by atoms with Gasteiger partial charge in [-0.15, -0.1) is 0 Å². The molecule has 3 unspecified atom stereocenters. The SMILES string of the molecule is O=C(O)C1CC2COCC1C2=O. The molecule has 0 amide bonds. The van der Waals surface area contributed by atoms with Gasteiger partial charge >= 0.3 is 5.97 Å². The van der Waals surface area contributed by atoms with Crippen LogP contribution in [0.5, 0.6) is 0 Å². The number of carbonyl (C=O) groups excluding carboxylic acids is 1. The molecule has 0 aromatic heterocycles. The fourth-order valence-corrected chi connectivity index (χ4v) is 2.05. The average molecular weight is 170 g/mol. The molecule has 0 radical (unpaired) electrons. The molecule has 0 spiro atoms. The monoisotopic (exact) mass is 170 g/mol. The summed E-state index contributed by atoms with van der Waals surface area (Å²) in [5.74, 6) is -1.79. The molecule has 1 heterocycles. The second kappa shape index (κ2) is 2.55. The van der Waals surface area contributed by atoms with Crippen molar-refractivity contribution in [2.24, 2.45) is 17.8 Å². The molecule has 2 aliphatic rings. The number of Topliss-reactive ketones (excluding diaryl/α,β-unsaturated/α-hetero) is 1. The molecule has 1 saturated heterocycles. The number of carboxylic acid groups (broad SMARTS) is 1. The lowest BCUT2D eigenvalue weighted by Gasteiger charge is -2.18. The highest BCUT2D eigenvalue weighted by molar-refractivity contribution is 5.92. The molecule has 2 fully saturated rings. The van der Waals surface area contributed by atoms with Crippen molar-refractivity contribution in [3.05, 3.63) is 0 Å². The van der Waals surface area contributed by atoms with Gasteiger partial charge in [-0.05, 0) is 6.42 Å². The fraction of sp³-hybridized carbons (Fsp3) is 0.750. The van der Waals surface area contributed by atoms with E-state index in [9.17, 15) is 9.59 Å². The van der Waals surface area contributed by atoms with Crippen molar-refractivity contribution in [3.8, 4) is 0 Å². The van der Waals surface area contributed by atoms with Crippen LogP contribution in [0.2, 0.25) is 0 Å². The number of ether oxygens (including phenoxy) is 1. The molecule has 4 heteroatoms. The van der Waals surface area contributed by atoms with Gasteiger partial charge in [0.1, 0.15) is 5.78 Å². The Morgan fingerprint density at radius 3 is 2.83 bits per heavy atom. The predicted molar refractivity (Wildman–Crippen MR) is 38.5 cm³/mol. The second-order valence-corrected chi connectivity index (χ2v) is 3.42. The summed E-state index contributed by atoms with van der Waals surface area (Å²) in [4.78, 5) is 22.0. The highest BCUT2D eigenvalue weighted by Gasteiger charge is 2.48. The van der Waals surface area contributed by atoms with Crippen molar-refractivity contribution in [1.29, 1.82) is 0 Å². The van der Waals surface area contributed by atoms with E-state index in [1.165, 1.54) is 0 Å². The number of hydrogen-bond acceptors (Lipinski definition) is 3. The van der Waals surface area contributed by atoms with Crippen LogP contribution < -0.4 is 0 Å². The lowest BCUT2D eigenvalue weighted by Crippen LogP contribution is -2.31. The van der Waals surface area contributed by atoms with Crippen LogP contribution >= 0.6 is 0 Å². The Kier molecular flexibility index (Phi) is 1.65. The molecule has 66 valence electrons. The van der Waals surface area contributed by atoms with Crippen molar-refractivity contribution in [1.82, 2.24) is 0 Å². The Bertz CT molecular complexity index is 235. The summed E-state index contributed by atoms with van der Waals surface area (Å²) in [5, 5.41) is 8.77. The van der Waals surface area contributed by atoms with Crippen molar-refractivity contribution in [3.63, 3.8) is 0 Å². The minimum Gasteiger partial charge on any atom is -0.481 e. The molecule has 0 aromatic rings. The van der Waals surface area contributed by atoms with E-state index in [4.69, 9.17) is 9.84 Å². The third-order valence-electron chi connectivity index (χ3n) is 2.73. The molecular weight excluding hydrogens is 160 g/mol. The van der Waals surface area contributed by atoms with Crippen molar-refractivity contribution in [2.75, 3.05) is 13.2 Å². The molecule has 2 bridgehead atoms. The normalized spacial score (nSPS) is 40.0. The van der Waals surface area contributed by atoms with Crippen LogP contribution in [0.4, 0.5) is 0 Å².